The van der Waals surface area contributed by atoms with Crippen molar-refractivity contribution in [1.29, 1.82) is 0 Å². The highest BCUT2D eigenvalue weighted by Gasteiger charge is 2.24. The lowest BCUT2D eigenvalue weighted by Gasteiger charge is -2.39. The molecule has 2 rings (SSSR count). The average molecular weight is 269 g/mol. The molecule has 3 unspecified atom stereocenters. The maximum Gasteiger partial charge on any atom is 0.0726 e. The van der Waals surface area contributed by atoms with Gasteiger partial charge in [-0.1, -0.05) is 6.92 Å². The van der Waals surface area contributed by atoms with Crippen LogP contribution in [0.3, 0.4) is 0 Å². The zero-order chi connectivity index (χ0) is 13.7. The van der Waals surface area contributed by atoms with Crippen LogP contribution in [-0.2, 0) is 4.74 Å². The molecule has 0 saturated carbocycles. The fourth-order valence-electron chi connectivity index (χ4n) is 3.32. The van der Waals surface area contributed by atoms with Gasteiger partial charge in [-0.2, -0.15) is 0 Å². The van der Waals surface area contributed by atoms with Gasteiger partial charge in [0.15, 0.2) is 0 Å². The number of hydrogen-bond donors (Lipinski definition) is 1. The summed E-state index contributed by atoms with van der Waals surface area (Å²) in [6.45, 7) is 14.9. The summed E-state index contributed by atoms with van der Waals surface area (Å²) in [5.74, 6) is 0. The maximum absolute atomic E-state index is 5.72. The number of ether oxygens (including phenoxy) is 1. The van der Waals surface area contributed by atoms with Gasteiger partial charge < -0.3 is 10.1 Å². The summed E-state index contributed by atoms with van der Waals surface area (Å²) in [7, 11) is 0. The van der Waals surface area contributed by atoms with Crippen LogP contribution in [0.1, 0.15) is 33.6 Å². The Hall–Kier alpha value is -0.160. The van der Waals surface area contributed by atoms with Gasteiger partial charge in [0.05, 0.1) is 6.10 Å². The van der Waals surface area contributed by atoms with Crippen LogP contribution in [-0.4, -0.2) is 73.9 Å². The Morgan fingerprint density at radius 2 is 2.21 bits per heavy atom. The Labute approximate surface area is 118 Å². The van der Waals surface area contributed by atoms with Gasteiger partial charge in [-0.05, 0) is 33.2 Å². The molecule has 4 nitrogen and oxygen atoms in total. The van der Waals surface area contributed by atoms with E-state index in [0.29, 0.717) is 18.2 Å². The van der Waals surface area contributed by atoms with E-state index in [0.717, 1.165) is 13.2 Å². The predicted molar refractivity (Wildman–Crippen MR) is 79.6 cm³/mol. The second-order valence-corrected chi connectivity index (χ2v) is 6.07. The molecular formula is C15H31N3O. The van der Waals surface area contributed by atoms with Gasteiger partial charge in [0.25, 0.3) is 0 Å². The third kappa shape index (κ3) is 4.42. The monoisotopic (exact) mass is 269 g/mol. The second kappa shape index (κ2) is 7.58. The zero-order valence-corrected chi connectivity index (χ0v) is 12.9. The average Bonchev–Trinajstić information content (AvgIpc) is 2.93. The van der Waals surface area contributed by atoms with Gasteiger partial charge in [0.2, 0.25) is 0 Å². The molecule has 0 spiro atoms. The van der Waals surface area contributed by atoms with Crippen LogP contribution in [0, 0.1) is 0 Å². The SMILES string of the molecule is CCN1CCN(CCNC(C)C2CCCO2)CC1C. The number of hydrogen-bond acceptors (Lipinski definition) is 4. The van der Waals surface area contributed by atoms with Gasteiger partial charge in [0.1, 0.15) is 0 Å². The van der Waals surface area contributed by atoms with Gasteiger partial charge in [-0.25, -0.2) is 0 Å². The van der Waals surface area contributed by atoms with Gasteiger partial charge >= 0.3 is 0 Å². The van der Waals surface area contributed by atoms with Crippen molar-refractivity contribution in [2.24, 2.45) is 0 Å². The third-order valence-electron chi connectivity index (χ3n) is 4.67. The highest BCUT2D eigenvalue weighted by molar-refractivity contribution is 4.80. The lowest BCUT2D eigenvalue weighted by Crippen LogP contribution is -2.53. The van der Waals surface area contributed by atoms with Crippen LogP contribution in [0.2, 0.25) is 0 Å². The number of rotatable bonds is 6. The van der Waals surface area contributed by atoms with E-state index in [2.05, 4.69) is 35.9 Å². The van der Waals surface area contributed by atoms with E-state index in [4.69, 9.17) is 4.74 Å². The molecule has 2 heterocycles. The Morgan fingerprint density at radius 3 is 2.84 bits per heavy atom. The normalized spacial score (nSPS) is 31.7. The summed E-state index contributed by atoms with van der Waals surface area (Å²) >= 11 is 0. The Morgan fingerprint density at radius 1 is 1.37 bits per heavy atom. The molecular weight excluding hydrogens is 238 g/mol. The van der Waals surface area contributed by atoms with Crippen molar-refractivity contribution in [3.05, 3.63) is 0 Å². The fourth-order valence-corrected chi connectivity index (χ4v) is 3.32. The number of likely N-dealkylation sites (N-methyl/N-ethyl adjacent to an activating group) is 1. The quantitative estimate of drug-likeness (QED) is 0.783. The molecule has 2 fully saturated rings. The summed E-state index contributed by atoms with van der Waals surface area (Å²) in [4.78, 5) is 5.16. The summed E-state index contributed by atoms with van der Waals surface area (Å²) in [6, 6.07) is 1.20. The van der Waals surface area contributed by atoms with Crippen molar-refractivity contribution >= 4 is 0 Å². The highest BCUT2D eigenvalue weighted by Crippen LogP contribution is 2.15. The van der Waals surface area contributed by atoms with Crippen LogP contribution in [0.25, 0.3) is 0 Å². The minimum atomic E-state index is 0.441. The van der Waals surface area contributed by atoms with Crippen molar-refractivity contribution < 1.29 is 4.74 Å². The predicted octanol–water partition coefficient (Wildman–Crippen LogP) is 1.17. The lowest BCUT2D eigenvalue weighted by atomic mass is 10.1. The maximum atomic E-state index is 5.72. The standard InChI is InChI=1S/C15H31N3O/c1-4-18-10-9-17(12-13(18)2)8-7-16-14(3)15-6-5-11-19-15/h13-16H,4-12H2,1-3H3. The summed E-state index contributed by atoms with van der Waals surface area (Å²) < 4.78 is 5.72. The molecule has 2 aliphatic rings. The summed E-state index contributed by atoms with van der Waals surface area (Å²) in [6.07, 6.45) is 2.89. The molecule has 112 valence electrons. The van der Waals surface area contributed by atoms with Crippen molar-refractivity contribution in [3.63, 3.8) is 0 Å². The van der Waals surface area contributed by atoms with Crippen molar-refractivity contribution in [3.8, 4) is 0 Å². The molecule has 0 aromatic heterocycles. The molecule has 2 saturated heterocycles. The van der Waals surface area contributed by atoms with Gasteiger partial charge in [-0.3, -0.25) is 9.80 Å². The molecule has 0 aliphatic carbocycles. The fraction of sp³-hybridized carbons (Fsp3) is 1.00. The zero-order valence-electron chi connectivity index (χ0n) is 12.9. The minimum Gasteiger partial charge on any atom is -0.377 e. The van der Waals surface area contributed by atoms with E-state index >= 15 is 0 Å². The van der Waals surface area contributed by atoms with Crippen molar-refractivity contribution in [2.45, 2.75) is 51.8 Å². The number of nitrogens with one attached hydrogen (secondary N) is 1. The van der Waals surface area contributed by atoms with E-state index in [1.54, 1.807) is 0 Å². The Balaban J connectivity index is 1.60. The molecule has 3 atom stereocenters. The number of piperazine rings is 1. The van der Waals surface area contributed by atoms with Crippen LogP contribution >= 0.6 is 0 Å². The Bertz CT molecular complexity index is 256. The molecule has 0 bridgehead atoms. The third-order valence-corrected chi connectivity index (χ3v) is 4.67. The molecule has 4 heteroatoms. The first kappa shape index (κ1) is 15.2. The largest absolute Gasteiger partial charge is 0.377 e. The molecule has 0 aromatic rings. The van der Waals surface area contributed by atoms with Gasteiger partial charge in [0, 0.05) is 51.4 Å². The number of nitrogens with zero attached hydrogens (tertiary/aromatic N) is 2. The first-order valence-corrected chi connectivity index (χ1v) is 8.02. The van der Waals surface area contributed by atoms with E-state index in [-0.39, 0.29) is 0 Å². The Kier molecular flexibility index (Phi) is 6.07. The molecule has 0 aromatic carbocycles. The van der Waals surface area contributed by atoms with Gasteiger partial charge in [-0.15, -0.1) is 0 Å². The van der Waals surface area contributed by atoms with Crippen LogP contribution in [0.15, 0.2) is 0 Å². The minimum absolute atomic E-state index is 0.441. The molecule has 0 radical (unpaired) electrons. The van der Waals surface area contributed by atoms with Crippen molar-refractivity contribution in [2.75, 3.05) is 45.9 Å². The van der Waals surface area contributed by atoms with Crippen LogP contribution in [0.4, 0.5) is 0 Å². The summed E-state index contributed by atoms with van der Waals surface area (Å²) in [5, 5.41) is 3.63. The summed E-state index contributed by atoms with van der Waals surface area (Å²) in [5.41, 5.74) is 0. The van der Waals surface area contributed by atoms with E-state index in [1.807, 2.05) is 0 Å². The van der Waals surface area contributed by atoms with E-state index in [9.17, 15) is 0 Å². The van der Waals surface area contributed by atoms with Crippen LogP contribution < -0.4 is 5.32 Å². The molecule has 0 amide bonds. The van der Waals surface area contributed by atoms with Crippen molar-refractivity contribution in [1.82, 2.24) is 15.1 Å². The van der Waals surface area contributed by atoms with E-state index in [1.165, 1.54) is 45.6 Å². The highest BCUT2D eigenvalue weighted by atomic mass is 16.5. The first-order chi connectivity index (χ1) is 9.20. The molecule has 2 aliphatic heterocycles. The molecule has 19 heavy (non-hydrogen) atoms. The first-order valence-electron chi connectivity index (χ1n) is 8.02. The second-order valence-electron chi connectivity index (χ2n) is 6.07. The molecule has 1 N–H and O–H groups in total. The van der Waals surface area contributed by atoms with E-state index < -0.39 is 0 Å². The smallest absolute Gasteiger partial charge is 0.0726 e. The van der Waals surface area contributed by atoms with Crippen LogP contribution in [0.5, 0.6) is 0 Å². The lowest BCUT2D eigenvalue weighted by molar-refractivity contribution is 0.0740. The topological polar surface area (TPSA) is 27.7 Å².